The van der Waals surface area contributed by atoms with Crippen molar-refractivity contribution in [2.24, 2.45) is 5.14 Å². The maximum atomic E-state index is 11.6. The maximum Gasteiger partial charge on any atom is 0.222 e. The van der Waals surface area contributed by atoms with Crippen LogP contribution in [0.5, 0.6) is 0 Å². The Hall–Kier alpha value is -0.620. The Morgan fingerprint density at radius 1 is 1.27 bits per heavy atom. The third kappa shape index (κ3) is 2.15. The van der Waals surface area contributed by atoms with Crippen LogP contribution in [0.25, 0.3) is 0 Å². The van der Waals surface area contributed by atoms with E-state index in [-0.39, 0.29) is 11.9 Å². The summed E-state index contributed by atoms with van der Waals surface area (Å²) >= 11 is 0. The lowest BCUT2D eigenvalue weighted by Gasteiger charge is -2.41. The third-order valence-electron chi connectivity index (χ3n) is 3.38. The molecule has 2 heterocycles. The predicted molar refractivity (Wildman–Crippen MR) is 55.5 cm³/mol. The summed E-state index contributed by atoms with van der Waals surface area (Å²) in [6.45, 7) is 0.294. The van der Waals surface area contributed by atoms with Crippen molar-refractivity contribution in [3.05, 3.63) is 0 Å². The summed E-state index contributed by atoms with van der Waals surface area (Å²) in [5.41, 5.74) is 0. The van der Waals surface area contributed by atoms with Crippen molar-refractivity contribution in [2.75, 3.05) is 6.54 Å². The molecule has 1 amide bonds. The van der Waals surface area contributed by atoms with E-state index in [1.165, 1.54) is 0 Å². The van der Waals surface area contributed by atoms with E-state index in [9.17, 15) is 13.2 Å². The first-order valence-electron chi connectivity index (χ1n) is 5.29. The van der Waals surface area contributed by atoms with Crippen LogP contribution in [-0.2, 0) is 14.8 Å². The molecule has 2 aliphatic rings. The van der Waals surface area contributed by atoms with Gasteiger partial charge in [-0.3, -0.25) is 4.79 Å². The SMILES string of the molecule is NS(=O)(=O)[C@@H]1CC[C@H]2CCCC(=O)N2C1. The highest BCUT2D eigenvalue weighted by atomic mass is 32.2. The molecule has 0 aromatic heterocycles. The first-order valence-corrected chi connectivity index (χ1v) is 6.90. The van der Waals surface area contributed by atoms with Crippen LogP contribution in [0.3, 0.4) is 0 Å². The van der Waals surface area contributed by atoms with E-state index in [1.807, 2.05) is 0 Å². The Kier molecular flexibility index (Phi) is 2.72. The smallest absolute Gasteiger partial charge is 0.222 e. The molecule has 86 valence electrons. The molecule has 0 unspecified atom stereocenters. The van der Waals surface area contributed by atoms with E-state index < -0.39 is 15.3 Å². The fourth-order valence-corrected chi connectivity index (χ4v) is 3.33. The first-order chi connectivity index (χ1) is 6.98. The molecule has 0 aromatic rings. The number of nitrogens with two attached hydrogens (primary N) is 1. The number of fused-ring (bicyclic) bond motifs is 1. The van der Waals surface area contributed by atoms with Crippen LogP contribution in [0.2, 0.25) is 0 Å². The van der Waals surface area contributed by atoms with Crippen molar-refractivity contribution in [1.82, 2.24) is 4.90 Å². The highest BCUT2D eigenvalue weighted by Gasteiger charge is 2.37. The first kappa shape index (κ1) is 10.9. The molecule has 0 aliphatic carbocycles. The Morgan fingerprint density at radius 2 is 2.00 bits per heavy atom. The normalized spacial score (nSPS) is 32.6. The lowest BCUT2D eigenvalue weighted by Crippen LogP contribution is -2.53. The van der Waals surface area contributed by atoms with Gasteiger partial charge < -0.3 is 4.90 Å². The number of nitrogens with zero attached hydrogens (tertiary/aromatic N) is 1. The zero-order valence-corrected chi connectivity index (χ0v) is 9.37. The van der Waals surface area contributed by atoms with Gasteiger partial charge in [0.15, 0.2) is 0 Å². The average Bonchev–Trinajstić information content (AvgIpc) is 2.16. The average molecular weight is 232 g/mol. The molecule has 2 saturated heterocycles. The molecule has 2 rings (SSSR count). The number of hydrogen-bond acceptors (Lipinski definition) is 3. The monoisotopic (exact) mass is 232 g/mol. The zero-order chi connectivity index (χ0) is 11.1. The number of carbonyl (C=O) groups excluding carboxylic acids is 1. The second kappa shape index (κ2) is 3.75. The van der Waals surface area contributed by atoms with Crippen molar-refractivity contribution < 1.29 is 13.2 Å². The second-order valence-corrected chi connectivity index (χ2v) is 6.23. The van der Waals surface area contributed by atoms with Gasteiger partial charge in [-0.2, -0.15) is 0 Å². The molecule has 5 nitrogen and oxygen atoms in total. The summed E-state index contributed by atoms with van der Waals surface area (Å²) in [6.07, 6.45) is 3.84. The van der Waals surface area contributed by atoms with Crippen molar-refractivity contribution in [3.8, 4) is 0 Å². The highest BCUT2D eigenvalue weighted by molar-refractivity contribution is 7.89. The standard InChI is InChI=1S/C9H16N2O3S/c10-15(13,14)8-5-4-7-2-1-3-9(12)11(7)6-8/h7-8H,1-6H2,(H2,10,13,14)/t7-,8-/m1/s1. The lowest BCUT2D eigenvalue weighted by atomic mass is 9.93. The molecule has 15 heavy (non-hydrogen) atoms. The van der Waals surface area contributed by atoms with Gasteiger partial charge in [-0.05, 0) is 25.7 Å². The fourth-order valence-electron chi connectivity index (χ4n) is 2.50. The summed E-state index contributed by atoms with van der Waals surface area (Å²) < 4.78 is 22.4. The minimum atomic E-state index is -3.49. The zero-order valence-electron chi connectivity index (χ0n) is 8.55. The molecule has 0 bridgehead atoms. The number of sulfonamides is 1. The molecular weight excluding hydrogens is 216 g/mol. The summed E-state index contributed by atoms with van der Waals surface area (Å²) in [4.78, 5) is 13.3. The summed E-state index contributed by atoms with van der Waals surface area (Å²) in [6, 6.07) is 0.254. The maximum absolute atomic E-state index is 11.6. The lowest BCUT2D eigenvalue weighted by molar-refractivity contribution is -0.137. The number of carbonyl (C=O) groups is 1. The molecule has 2 fully saturated rings. The summed E-state index contributed by atoms with van der Waals surface area (Å²) in [5, 5.41) is 4.55. The molecule has 0 radical (unpaired) electrons. The topological polar surface area (TPSA) is 80.5 Å². The minimum Gasteiger partial charge on any atom is -0.338 e. The van der Waals surface area contributed by atoms with Gasteiger partial charge in [0.25, 0.3) is 0 Å². The van der Waals surface area contributed by atoms with Gasteiger partial charge in [-0.1, -0.05) is 0 Å². The number of rotatable bonds is 1. The van der Waals surface area contributed by atoms with Gasteiger partial charge in [0, 0.05) is 19.0 Å². The van der Waals surface area contributed by atoms with Gasteiger partial charge in [0.1, 0.15) is 0 Å². The molecule has 0 aromatic carbocycles. The van der Waals surface area contributed by atoms with Gasteiger partial charge in [-0.15, -0.1) is 0 Å². The third-order valence-corrected chi connectivity index (χ3v) is 4.69. The van der Waals surface area contributed by atoms with Crippen molar-refractivity contribution in [3.63, 3.8) is 0 Å². The quantitative estimate of drug-likeness (QED) is 0.681. The van der Waals surface area contributed by atoms with E-state index in [1.54, 1.807) is 4.90 Å². The summed E-state index contributed by atoms with van der Waals surface area (Å²) in [5.74, 6) is 0.0830. The Labute approximate surface area is 89.7 Å². The van der Waals surface area contributed by atoms with Crippen molar-refractivity contribution in [1.29, 1.82) is 0 Å². The molecule has 2 N–H and O–H groups in total. The Bertz CT molecular complexity index is 366. The van der Waals surface area contributed by atoms with Crippen LogP contribution in [0.4, 0.5) is 0 Å². The van der Waals surface area contributed by atoms with Gasteiger partial charge in [0.2, 0.25) is 15.9 Å². The predicted octanol–water partition coefficient (Wildman–Crippen LogP) is -0.182. The number of piperidine rings is 2. The van der Waals surface area contributed by atoms with Crippen LogP contribution in [0.15, 0.2) is 0 Å². The van der Waals surface area contributed by atoms with Crippen molar-refractivity contribution in [2.45, 2.75) is 43.4 Å². The molecule has 0 spiro atoms. The van der Waals surface area contributed by atoms with E-state index >= 15 is 0 Å². The van der Waals surface area contributed by atoms with E-state index in [2.05, 4.69) is 0 Å². The largest absolute Gasteiger partial charge is 0.338 e. The van der Waals surface area contributed by atoms with E-state index in [4.69, 9.17) is 5.14 Å². The molecule has 0 saturated carbocycles. The Balaban J connectivity index is 2.12. The van der Waals surface area contributed by atoms with Crippen LogP contribution in [0.1, 0.15) is 32.1 Å². The van der Waals surface area contributed by atoms with Crippen LogP contribution in [-0.4, -0.2) is 37.1 Å². The van der Waals surface area contributed by atoms with Crippen LogP contribution < -0.4 is 5.14 Å². The highest BCUT2D eigenvalue weighted by Crippen LogP contribution is 2.28. The summed E-state index contributed by atoms with van der Waals surface area (Å²) in [7, 11) is -3.49. The van der Waals surface area contributed by atoms with Gasteiger partial charge in [0.05, 0.1) is 5.25 Å². The number of amides is 1. The van der Waals surface area contributed by atoms with Crippen molar-refractivity contribution >= 4 is 15.9 Å². The molecule has 6 heteroatoms. The van der Waals surface area contributed by atoms with Crippen LogP contribution >= 0.6 is 0 Å². The molecule has 2 aliphatic heterocycles. The van der Waals surface area contributed by atoms with E-state index in [0.29, 0.717) is 19.4 Å². The fraction of sp³-hybridized carbons (Fsp3) is 0.889. The van der Waals surface area contributed by atoms with Crippen LogP contribution in [0, 0.1) is 0 Å². The van der Waals surface area contributed by atoms with E-state index in [0.717, 1.165) is 19.3 Å². The van der Waals surface area contributed by atoms with Gasteiger partial charge >= 0.3 is 0 Å². The second-order valence-electron chi connectivity index (χ2n) is 4.38. The molecular formula is C9H16N2O3S. The minimum absolute atomic E-state index is 0.0830. The van der Waals surface area contributed by atoms with Gasteiger partial charge in [-0.25, -0.2) is 13.6 Å². The number of primary sulfonamides is 1. The molecule has 2 atom stereocenters. The Morgan fingerprint density at radius 3 is 2.67 bits per heavy atom. The number of hydrogen-bond donors (Lipinski definition) is 1.